The summed E-state index contributed by atoms with van der Waals surface area (Å²) in [5, 5.41) is 15.1. The van der Waals surface area contributed by atoms with Crippen LogP contribution in [0.4, 0.5) is 0 Å². The number of amidine groups is 1. The molecule has 1 aromatic heterocycles. The fourth-order valence-corrected chi connectivity index (χ4v) is 2.43. The van der Waals surface area contributed by atoms with Crippen molar-refractivity contribution in [3.63, 3.8) is 0 Å². The number of hydrogen-bond acceptors (Lipinski definition) is 5. The number of hydrogen-bond donors (Lipinski definition) is 3. The van der Waals surface area contributed by atoms with Gasteiger partial charge in [0.1, 0.15) is 5.69 Å². The van der Waals surface area contributed by atoms with E-state index in [1.165, 1.54) is 31.4 Å². The van der Waals surface area contributed by atoms with Gasteiger partial charge in [0.15, 0.2) is 5.84 Å². The van der Waals surface area contributed by atoms with E-state index in [1.54, 1.807) is 6.20 Å². The van der Waals surface area contributed by atoms with Gasteiger partial charge >= 0.3 is 0 Å². The normalized spacial score (nSPS) is 11.8. The second-order valence-electron chi connectivity index (χ2n) is 4.58. The Labute approximate surface area is 125 Å². The first kappa shape index (κ1) is 16.8. The quantitative estimate of drug-likeness (QED) is 0.203. The Morgan fingerprint density at radius 2 is 2.20 bits per heavy atom. The van der Waals surface area contributed by atoms with Gasteiger partial charge in [-0.05, 0) is 43.0 Å². The number of thioether (sulfide) groups is 1. The Morgan fingerprint density at radius 1 is 1.40 bits per heavy atom. The molecule has 0 radical (unpaired) electrons. The van der Waals surface area contributed by atoms with Crippen molar-refractivity contribution in [2.45, 2.75) is 32.2 Å². The molecule has 0 amide bonds. The molecule has 5 nitrogen and oxygen atoms in total. The highest BCUT2D eigenvalue weighted by atomic mass is 32.2. The molecule has 0 spiro atoms. The van der Waals surface area contributed by atoms with Crippen LogP contribution in [0.5, 0.6) is 0 Å². The van der Waals surface area contributed by atoms with Crippen molar-refractivity contribution in [1.29, 1.82) is 0 Å². The number of nitrogens with two attached hydrogens (primary N) is 1. The van der Waals surface area contributed by atoms with Gasteiger partial charge in [-0.15, -0.1) is 0 Å². The van der Waals surface area contributed by atoms with Crippen LogP contribution in [0.3, 0.4) is 0 Å². The standard InChI is InChI=1S/C14H24N4OS/c1-20-10-5-3-2-4-8-16-11-12-7-6-9-17-13(12)14(15)18-19/h6-7,9,16,19H,2-5,8,10-11H2,1H3,(H2,15,18). The van der Waals surface area contributed by atoms with E-state index in [9.17, 15) is 0 Å². The molecule has 0 saturated heterocycles. The third-order valence-corrected chi connectivity index (χ3v) is 3.71. The molecule has 0 unspecified atom stereocenters. The summed E-state index contributed by atoms with van der Waals surface area (Å²) < 4.78 is 0. The average molecular weight is 296 g/mol. The minimum atomic E-state index is 0.0551. The number of rotatable bonds is 10. The Morgan fingerprint density at radius 3 is 2.95 bits per heavy atom. The first-order valence-electron chi connectivity index (χ1n) is 6.91. The van der Waals surface area contributed by atoms with Gasteiger partial charge < -0.3 is 16.3 Å². The van der Waals surface area contributed by atoms with Crippen LogP contribution in [0.15, 0.2) is 23.5 Å². The molecule has 1 aromatic rings. The highest BCUT2D eigenvalue weighted by molar-refractivity contribution is 7.98. The Balaban J connectivity index is 2.25. The lowest BCUT2D eigenvalue weighted by Gasteiger charge is -2.08. The van der Waals surface area contributed by atoms with Crippen molar-refractivity contribution >= 4 is 17.6 Å². The highest BCUT2D eigenvalue weighted by Crippen LogP contribution is 2.06. The van der Waals surface area contributed by atoms with Crippen LogP contribution in [0.2, 0.25) is 0 Å². The second-order valence-corrected chi connectivity index (χ2v) is 5.57. The fraction of sp³-hybridized carbons (Fsp3) is 0.571. The molecule has 0 aliphatic carbocycles. The monoisotopic (exact) mass is 296 g/mol. The first-order chi connectivity index (χ1) is 9.79. The van der Waals surface area contributed by atoms with E-state index in [0.29, 0.717) is 12.2 Å². The van der Waals surface area contributed by atoms with Crippen molar-refractivity contribution in [3.05, 3.63) is 29.6 Å². The van der Waals surface area contributed by atoms with Crippen molar-refractivity contribution in [2.75, 3.05) is 18.6 Å². The van der Waals surface area contributed by atoms with Crippen LogP contribution in [0.25, 0.3) is 0 Å². The largest absolute Gasteiger partial charge is 0.409 e. The zero-order chi connectivity index (χ0) is 14.6. The minimum Gasteiger partial charge on any atom is -0.409 e. The van der Waals surface area contributed by atoms with Gasteiger partial charge in [-0.1, -0.05) is 24.1 Å². The Hall–Kier alpha value is -1.27. The molecule has 112 valence electrons. The molecule has 6 heteroatoms. The van der Waals surface area contributed by atoms with Gasteiger partial charge in [-0.25, -0.2) is 0 Å². The number of oxime groups is 1. The Bertz CT molecular complexity index is 412. The minimum absolute atomic E-state index is 0.0551. The van der Waals surface area contributed by atoms with Crippen molar-refractivity contribution < 1.29 is 5.21 Å². The number of aromatic nitrogens is 1. The van der Waals surface area contributed by atoms with Gasteiger partial charge in [0, 0.05) is 12.7 Å². The van der Waals surface area contributed by atoms with Gasteiger partial charge in [-0.2, -0.15) is 11.8 Å². The van der Waals surface area contributed by atoms with E-state index in [4.69, 9.17) is 10.9 Å². The smallest absolute Gasteiger partial charge is 0.189 e. The number of nitrogens with one attached hydrogen (secondary N) is 1. The van der Waals surface area contributed by atoms with Crippen LogP contribution in [0.1, 0.15) is 36.9 Å². The summed E-state index contributed by atoms with van der Waals surface area (Å²) in [5.74, 6) is 1.31. The molecule has 0 saturated carbocycles. The summed E-state index contributed by atoms with van der Waals surface area (Å²) in [6.07, 6.45) is 8.82. The molecule has 1 heterocycles. The number of unbranched alkanes of at least 4 members (excludes halogenated alkanes) is 3. The summed E-state index contributed by atoms with van der Waals surface area (Å²) in [4.78, 5) is 4.14. The molecular weight excluding hydrogens is 272 g/mol. The molecule has 0 aliphatic heterocycles. The molecule has 0 aliphatic rings. The molecule has 0 atom stereocenters. The summed E-state index contributed by atoms with van der Waals surface area (Å²) in [5.41, 5.74) is 7.09. The van der Waals surface area contributed by atoms with Crippen molar-refractivity contribution in [1.82, 2.24) is 10.3 Å². The second kappa shape index (κ2) is 10.5. The van der Waals surface area contributed by atoms with Crippen LogP contribution in [0, 0.1) is 0 Å². The zero-order valence-corrected chi connectivity index (χ0v) is 12.8. The summed E-state index contributed by atoms with van der Waals surface area (Å²) in [6.45, 7) is 1.66. The number of nitrogens with zero attached hydrogens (tertiary/aromatic N) is 2. The van der Waals surface area contributed by atoms with E-state index in [-0.39, 0.29) is 5.84 Å². The van der Waals surface area contributed by atoms with Crippen LogP contribution in [-0.2, 0) is 6.54 Å². The maximum Gasteiger partial charge on any atom is 0.189 e. The topological polar surface area (TPSA) is 83.5 Å². The SMILES string of the molecule is CSCCCCCCNCc1cccnc1/C(N)=N/O. The molecule has 4 N–H and O–H groups in total. The Kier molecular flexibility index (Phi) is 8.82. The lowest BCUT2D eigenvalue weighted by Crippen LogP contribution is -2.21. The van der Waals surface area contributed by atoms with Crippen LogP contribution >= 0.6 is 11.8 Å². The van der Waals surface area contributed by atoms with E-state index in [0.717, 1.165) is 12.1 Å². The van der Waals surface area contributed by atoms with Gasteiger partial charge in [0.25, 0.3) is 0 Å². The summed E-state index contributed by atoms with van der Waals surface area (Å²) >= 11 is 1.91. The first-order valence-corrected chi connectivity index (χ1v) is 8.30. The number of pyridine rings is 1. The zero-order valence-electron chi connectivity index (χ0n) is 12.0. The van der Waals surface area contributed by atoms with Crippen LogP contribution < -0.4 is 11.1 Å². The van der Waals surface area contributed by atoms with Crippen molar-refractivity contribution in [2.24, 2.45) is 10.9 Å². The fourth-order valence-electron chi connectivity index (χ4n) is 1.93. The predicted molar refractivity (Wildman–Crippen MR) is 85.3 cm³/mol. The van der Waals surface area contributed by atoms with Gasteiger partial charge in [0.2, 0.25) is 0 Å². The van der Waals surface area contributed by atoms with E-state index >= 15 is 0 Å². The molecule has 0 aromatic carbocycles. The maximum absolute atomic E-state index is 8.73. The molecular formula is C14H24N4OS. The van der Waals surface area contributed by atoms with E-state index in [2.05, 4.69) is 21.7 Å². The van der Waals surface area contributed by atoms with Crippen molar-refractivity contribution in [3.8, 4) is 0 Å². The lowest BCUT2D eigenvalue weighted by atomic mass is 10.1. The molecule has 1 rings (SSSR count). The maximum atomic E-state index is 8.73. The van der Waals surface area contributed by atoms with Gasteiger partial charge in [0.05, 0.1) is 0 Å². The molecule has 0 fully saturated rings. The van der Waals surface area contributed by atoms with E-state index in [1.807, 2.05) is 23.9 Å². The van der Waals surface area contributed by atoms with Crippen LogP contribution in [-0.4, -0.2) is 34.6 Å². The average Bonchev–Trinajstić information content (AvgIpc) is 2.49. The molecule has 20 heavy (non-hydrogen) atoms. The predicted octanol–water partition coefficient (Wildman–Crippen LogP) is 2.19. The lowest BCUT2D eigenvalue weighted by molar-refractivity contribution is 0.318. The van der Waals surface area contributed by atoms with Gasteiger partial charge in [-0.3, -0.25) is 4.98 Å². The third kappa shape index (κ3) is 6.25. The highest BCUT2D eigenvalue weighted by Gasteiger charge is 2.07. The summed E-state index contributed by atoms with van der Waals surface area (Å²) in [7, 11) is 0. The van der Waals surface area contributed by atoms with E-state index < -0.39 is 0 Å². The summed E-state index contributed by atoms with van der Waals surface area (Å²) in [6, 6.07) is 3.79. The molecule has 0 bridgehead atoms. The third-order valence-electron chi connectivity index (χ3n) is 3.01.